The molecule has 0 amide bonds. The molecule has 18 heavy (non-hydrogen) atoms. The lowest BCUT2D eigenvalue weighted by atomic mass is 10.1. The first-order chi connectivity index (χ1) is 8.56. The Kier molecular flexibility index (Phi) is 4.07. The molecule has 0 radical (unpaired) electrons. The number of halogens is 1. The van der Waals surface area contributed by atoms with E-state index in [0.717, 1.165) is 10.2 Å². The predicted octanol–water partition coefficient (Wildman–Crippen LogP) is 4.95. The summed E-state index contributed by atoms with van der Waals surface area (Å²) in [6.07, 6.45) is 0. The van der Waals surface area contributed by atoms with Gasteiger partial charge in [-0.15, -0.1) is 0 Å². The van der Waals surface area contributed by atoms with Gasteiger partial charge < -0.3 is 4.74 Å². The zero-order valence-corrected chi connectivity index (χ0v) is 12.5. The Labute approximate surface area is 117 Å². The topological polar surface area (TPSA) is 9.23 Å². The Morgan fingerprint density at radius 1 is 0.944 bits per heavy atom. The van der Waals surface area contributed by atoms with Crippen molar-refractivity contribution < 1.29 is 4.74 Å². The van der Waals surface area contributed by atoms with Crippen molar-refractivity contribution in [2.75, 3.05) is 0 Å². The lowest BCUT2D eigenvalue weighted by Crippen LogP contribution is -1.96. The van der Waals surface area contributed by atoms with Crippen molar-refractivity contribution in [3.63, 3.8) is 0 Å². The standard InChI is InChI=1S/C16H17BrO/c1-11-4-6-14(7-5-11)10-18-15-8-12(2)16(17)13(3)9-15/h4-9H,10H2,1-3H3. The molecule has 0 fully saturated rings. The molecular formula is C16H17BrO. The zero-order valence-electron chi connectivity index (χ0n) is 11.0. The maximum atomic E-state index is 5.83. The van der Waals surface area contributed by atoms with E-state index >= 15 is 0 Å². The smallest absolute Gasteiger partial charge is 0.120 e. The van der Waals surface area contributed by atoms with Gasteiger partial charge in [0.25, 0.3) is 0 Å². The maximum Gasteiger partial charge on any atom is 0.120 e. The molecule has 1 nitrogen and oxygen atoms in total. The molecule has 2 aromatic carbocycles. The van der Waals surface area contributed by atoms with E-state index in [1.165, 1.54) is 22.3 Å². The van der Waals surface area contributed by atoms with Crippen LogP contribution in [0.2, 0.25) is 0 Å². The molecule has 0 N–H and O–H groups in total. The first kappa shape index (κ1) is 13.2. The fourth-order valence-electron chi connectivity index (χ4n) is 1.84. The summed E-state index contributed by atoms with van der Waals surface area (Å²) in [7, 11) is 0. The third-order valence-corrected chi connectivity index (χ3v) is 4.19. The van der Waals surface area contributed by atoms with Gasteiger partial charge in [-0.3, -0.25) is 0 Å². The van der Waals surface area contributed by atoms with Gasteiger partial charge in [0, 0.05) is 4.47 Å². The number of ether oxygens (including phenoxy) is 1. The van der Waals surface area contributed by atoms with Crippen molar-refractivity contribution in [2.24, 2.45) is 0 Å². The van der Waals surface area contributed by atoms with Gasteiger partial charge in [0.15, 0.2) is 0 Å². The highest BCUT2D eigenvalue weighted by atomic mass is 79.9. The summed E-state index contributed by atoms with van der Waals surface area (Å²) in [6.45, 7) is 6.86. The SMILES string of the molecule is Cc1ccc(COc2cc(C)c(Br)c(C)c2)cc1. The van der Waals surface area contributed by atoms with Gasteiger partial charge in [0.05, 0.1) is 0 Å². The van der Waals surface area contributed by atoms with E-state index in [-0.39, 0.29) is 0 Å². The van der Waals surface area contributed by atoms with Crippen molar-refractivity contribution in [3.8, 4) is 5.75 Å². The van der Waals surface area contributed by atoms with Gasteiger partial charge in [0.1, 0.15) is 12.4 Å². The molecule has 0 saturated heterocycles. The van der Waals surface area contributed by atoms with Crippen molar-refractivity contribution >= 4 is 15.9 Å². The maximum absolute atomic E-state index is 5.83. The number of benzene rings is 2. The normalized spacial score (nSPS) is 10.4. The molecule has 94 valence electrons. The molecule has 0 saturated carbocycles. The molecule has 0 bridgehead atoms. The van der Waals surface area contributed by atoms with Gasteiger partial charge in [-0.2, -0.15) is 0 Å². The molecule has 0 atom stereocenters. The number of aryl methyl sites for hydroxylation is 3. The predicted molar refractivity (Wildman–Crippen MR) is 79.1 cm³/mol. The quantitative estimate of drug-likeness (QED) is 0.779. The van der Waals surface area contributed by atoms with Gasteiger partial charge in [-0.25, -0.2) is 0 Å². The fraction of sp³-hybridized carbons (Fsp3) is 0.250. The number of rotatable bonds is 3. The number of hydrogen-bond donors (Lipinski definition) is 0. The summed E-state index contributed by atoms with van der Waals surface area (Å²) >= 11 is 3.56. The van der Waals surface area contributed by atoms with Crippen LogP contribution in [0, 0.1) is 20.8 Å². The van der Waals surface area contributed by atoms with E-state index in [1.54, 1.807) is 0 Å². The molecule has 0 aliphatic carbocycles. The van der Waals surface area contributed by atoms with Crippen molar-refractivity contribution in [1.29, 1.82) is 0 Å². The summed E-state index contributed by atoms with van der Waals surface area (Å²) in [4.78, 5) is 0. The minimum atomic E-state index is 0.612. The Morgan fingerprint density at radius 3 is 2.06 bits per heavy atom. The summed E-state index contributed by atoms with van der Waals surface area (Å²) < 4.78 is 6.99. The zero-order chi connectivity index (χ0) is 13.1. The second-order valence-electron chi connectivity index (χ2n) is 4.65. The summed E-state index contributed by atoms with van der Waals surface area (Å²) in [5, 5.41) is 0. The largest absolute Gasteiger partial charge is 0.489 e. The Hall–Kier alpha value is -1.28. The highest BCUT2D eigenvalue weighted by molar-refractivity contribution is 9.10. The minimum absolute atomic E-state index is 0.612. The van der Waals surface area contributed by atoms with Crippen LogP contribution >= 0.6 is 15.9 Å². The Morgan fingerprint density at radius 2 is 1.50 bits per heavy atom. The molecule has 0 aliphatic heterocycles. The van der Waals surface area contributed by atoms with Gasteiger partial charge in [-0.1, -0.05) is 45.8 Å². The summed E-state index contributed by atoms with van der Waals surface area (Å²) in [5.74, 6) is 0.925. The Balaban J connectivity index is 2.08. The van der Waals surface area contributed by atoms with Crippen LogP contribution in [0.15, 0.2) is 40.9 Å². The number of hydrogen-bond acceptors (Lipinski definition) is 1. The van der Waals surface area contributed by atoms with E-state index in [4.69, 9.17) is 4.74 Å². The first-order valence-electron chi connectivity index (χ1n) is 6.01. The van der Waals surface area contributed by atoms with Crippen LogP contribution < -0.4 is 4.74 Å². The van der Waals surface area contributed by atoms with Crippen LogP contribution in [-0.2, 0) is 6.61 Å². The van der Waals surface area contributed by atoms with Crippen LogP contribution in [0.5, 0.6) is 5.75 Å². The molecule has 0 heterocycles. The molecule has 0 aliphatic rings. The van der Waals surface area contributed by atoms with E-state index in [1.807, 2.05) is 0 Å². The lowest BCUT2D eigenvalue weighted by molar-refractivity contribution is 0.306. The van der Waals surface area contributed by atoms with Crippen molar-refractivity contribution in [1.82, 2.24) is 0 Å². The summed E-state index contributed by atoms with van der Waals surface area (Å²) in [6, 6.07) is 12.5. The average molecular weight is 305 g/mol. The summed E-state index contributed by atoms with van der Waals surface area (Å²) in [5.41, 5.74) is 4.87. The van der Waals surface area contributed by atoms with Crippen LogP contribution in [-0.4, -0.2) is 0 Å². The minimum Gasteiger partial charge on any atom is -0.489 e. The van der Waals surface area contributed by atoms with Crippen molar-refractivity contribution in [3.05, 3.63) is 63.1 Å². The van der Waals surface area contributed by atoms with E-state index < -0.39 is 0 Å². The van der Waals surface area contributed by atoms with Crippen molar-refractivity contribution in [2.45, 2.75) is 27.4 Å². The third kappa shape index (κ3) is 3.14. The van der Waals surface area contributed by atoms with E-state index in [2.05, 4.69) is 73.1 Å². The second-order valence-corrected chi connectivity index (χ2v) is 5.44. The van der Waals surface area contributed by atoms with Crippen LogP contribution in [0.4, 0.5) is 0 Å². The first-order valence-corrected chi connectivity index (χ1v) is 6.80. The monoisotopic (exact) mass is 304 g/mol. The highest BCUT2D eigenvalue weighted by Crippen LogP contribution is 2.26. The second kappa shape index (κ2) is 5.57. The fourth-order valence-corrected chi connectivity index (χ4v) is 2.07. The molecule has 2 rings (SSSR count). The molecule has 0 spiro atoms. The molecule has 0 aromatic heterocycles. The van der Waals surface area contributed by atoms with Crippen LogP contribution in [0.1, 0.15) is 22.3 Å². The molecule has 2 aromatic rings. The lowest BCUT2D eigenvalue weighted by Gasteiger charge is -2.10. The molecule has 2 heteroatoms. The Bertz CT molecular complexity index is 521. The highest BCUT2D eigenvalue weighted by Gasteiger charge is 2.03. The molecular weight excluding hydrogens is 288 g/mol. The average Bonchev–Trinajstić information content (AvgIpc) is 2.35. The van der Waals surface area contributed by atoms with Crippen LogP contribution in [0.3, 0.4) is 0 Å². The van der Waals surface area contributed by atoms with E-state index in [0.29, 0.717) is 6.61 Å². The van der Waals surface area contributed by atoms with Gasteiger partial charge >= 0.3 is 0 Å². The van der Waals surface area contributed by atoms with Crippen LogP contribution in [0.25, 0.3) is 0 Å². The van der Waals surface area contributed by atoms with Gasteiger partial charge in [0.2, 0.25) is 0 Å². The molecule has 0 unspecified atom stereocenters. The van der Waals surface area contributed by atoms with E-state index in [9.17, 15) is 0 Å². The van der Waals surface area contributed by atoms with Gasteiger partial charge in [-0.05, 0) is 49.6 Å². The third-order valence-electron chi connectivity index (χ3n) is 2.94.